The molecule has 0 heterocycles. The molecule has 0 saturated carbocycles. The van der Waals surface area contributed by atoms with Gasteiger partial charge < -0.3 is 36.2 Å². The highest BCUT2D eigenvalue weighted by Crippen LogP contribution is 2.21. The van der Waals surface area contributed by atoms with Crippen molar-refractivity contribution in [3.63, 3.8) is 0 Å². The van der Waals surface area contributed by atoms with Crippen LogP contribution in [0.15, 0.2) is 48.5 Å². The zero-order chi connectivity index (χ0) is 32.9. The fourth-order valence-electron chi connectivity index (χ4n) is 4.06. The number of hydrogen-bond donors (Lipinski definition) is 8. The molecule has 0 spiro atoms. The molecule has 240 valence electrons. The van der Waals surface area contributed by atoms with Gasteiger partial charge in [0.25, 0.3) is 11.8 Å². The Balaban J connectivity index is 1.87. The van der Waals surface area contributed by atoms with Crippen molar-refractivity contribution >= 4 is 29.9 Å². The Labute approximate surface area is 255 Å². The summed E-state index contributed by atoms with van der Waals surface area (Å²) >= 11 is 0. The summed E-state index contributed by atoms with van der Waals surface area (Å²) in [6.45, 7) is 7.02. The number of aliphatic hydroxyl groups is 1. The van der Waals surface area contributed by atoms with Crippen molar-refractivity contribution in [2.45, 2.75) is 70.7 Å². The fourth-order valence-corrected chi connectivity index (χ4v) is 4.06. The van der Waals surface area contributed by atoms with Gasteiger partial charge in [-0.25, -0.2) is 15.1 Å². The Morgan fingerprint density at radius 2 is 1.43 bits per heavy atom. The lowest BCUT2D eigenvalue weighted by atomic mass is 10.0. The average molecular weight is 616 g/mol. The smallest absolute Gasteiger partial charge is 0.407 e. The first-order valence-electron chi connectivity index (χ1n) is 14.1. The zero-order valence-electron chi connectivity index (χ0n) is 25.2. The summed E-state index contributed by atoms with van der Waals surface area (Å²) in [6.07, 6.45) is -2.10. The number of hydroxylamine groups is 1. The van der Waals surface area contributed by atoms with Crippen molar-refractivity contribution in [2.75, 3.05) is 13.1 Å². The van der Waals surface area contributed by atoms with Gasteiger partial charge in [-0.3, -0.25) is 19.6 Å². The molecule has 2 aromatic rings. The Bertz CT molecular complexity index is 1280. The molecule has 8 N–H and O–H groups in total. The first-order valence-corrected chi connectivity index (χ1v) is 14.1. The topological polar surface area (TPSA) is 215 Å². The number of carboxylic acid groups (broad SMARTS) is 1. The van der Waals surface area contributed by atoms with E-state index in [4.69, 9.17) is 15.1 Å². The maximum atomic E-state index is 12.6. The van der Waals surface area contributed by atoms with E-state index < -0.39 is 53.7 Å². The Morgan fingerprint density at radius 3 is 1.95 bits per heavy atom. The highest BCUT2D eigenvalue weighted by Gasteiger charge is 2.26. The van der Waals surface area contributed by atoms with Crippen molar-refractivity contribution in [1.29, 1.82) is 0 Å². The minimum atomic E-state index is -1.33. The lowest BCUT2D eigenvalue weighted by Gasteiger charge is -2.20. The molecule has 0 aromatic heterocycles. The van der Waals surface area contributed by atoms with E-state index in [0.29, 0.717) is 12.8 Å². The number of carbonyl (C=O) groups is 5. The maximum absolute atomic E-state index is 12.6. The zero-order valence-corrected chi connectivity index (χ0v) is 25.2. The summed E-state index contributed by atoms with van der Waals surface area (Å²) in [7, 11) is 0. The van der Waals surface area contributed by atoms with Gasteiger partial charge in [-0.1, -0.05) is 36.4 Å². The van der Waals surface area contributed by atoms with Crippen molar-refractivity contribution in [3.8, 4) is 11.1 Å². The van der Waals surface area contributed by atoms with Gasteiger partial charge in [-0.2, -0.15) is 0 Å². The molecule has 44 heavy (non-hydrogen) atoms. The number of nitrogens with one attached hydrogen (secondary N) is 5. The van der Waals surface area contributed by atoms with Crippen LogP contribution in [-0.4, -0.2) is 82.2 Å². The second kappa shape index (κ2) is 16.8. The van der Waals surface area contributed by atoms with E-state index in [1.54, 1.807) is 45.0 Å². The molecule has 0 aliphatic heterocycles. The molecule has 0 fully saturated rings. The van der Waals surface area contributed by atoms with E-state index in [1.807, 2.05) is 24.3 Å². The van der Waals surface area contributed by atoms with Crippen LogP contribution in [0.5, 0.6) is 0 Å². The van der Waals surface area contributed by atoms with Crippen LogP contribution in [0.25, 0.3) is 11.1 Å². The number of alkyl carbamates (subject to hydrolysis) is 1. The van der Waals surface area contributed by atoms with Gasteiger partial charge in [0.2, 0.25) is 5.91 Å². The van der Waals surface area contributed by atoms with Crippen molar-refractivity contribution in [2.24, 2.45) is 0 Å². The van der Waals surface area contributed by atoms with Gasteiger partial charge in [-0.05, 0) is 75.8 Å². The molecule has 3 atom stereocenters. The minimum absolute atomic E-state index is 0.183. The largest absolute Gasteiger partial charge is 0.465 e. The first kappa shape index (κ1) is 35.5. The maximum Gasteiger partial charge on any atom is 0.407 e. The van der Waals surface area contributed by atoms with E-state index in [-0.39, 0.29) is 25.1 Å². The van der Waals surface area contributed by atoms with E-state index in [9.17, 15) is 29.1 Å². The van der Waals surface area contributed by atoms with Crippen LogP contribution in [-0.2, 0) is 20.7 Å². The Kier molecular flexibility index (Phi) is 13.6. The van der Waals surface area contributed by atoms with E-state index in [0.717, 1.165) is 16.7 Å². The van der Waals surface area contributed by atoms with Crippen LogP contribution >= 0.6 is 0 Å². The minimum Gasteiger partial charge on any atom is -0.465 e. The quantitative estimate of drug-likeness (QED) is 0.0884. The van der Waals surface area contributed by atoms with Crippen molar-refractivity contribution in [1.82, 2.24) is 26.7 Å². The van der Waals surface area contributed by atoms with Crippen LogP contribution in [0.3, 0.4) is 0 Å². The van der Waals surface area contributed by atoms with Gasteiger partial charge >= 0.3 is 12.2 Å². The van der Waals surface area contributed by atoms with Gasteiger partial charge in [0.05, 0.1) is 6.10 Å². The van der Waals surface area contributed by atoms with Crippen LogP contribution in [0, 0.1) is 0 Å². The molecule has 1 unspecified atom stereocenters. The third-order valence-electron chi connectivity index (χ3n) is 6.26. The summed E-state index contributed by atoms with van der Waals surface area (Å²) in [4.78, 5) is 59.7. The third kappa shape index (κ3) is 12.3. The third-order valence-corrected chi connectivity index (χ3v) is 6.26. The van der Waals surface area contributed by atoms with Crippen LogP contribution in [0.2, 0.25) is 0 Å². The first-order chi connectivity index (χ1) is 20.7. The van der Waals surface area contributed by atoms with E-state index in [2.05, 4.69) is 21.3 Å². The number of aliphatic hydroxyl groups excluding tert-OH is 1. The lowest BCUT2D eigenvalue weighted by Crippen LogP contribution is -2.51. The van der Waals surface area contributed by atoms with E-state index >= 15 is 0 Å². The molecule has 2 aromatic carbocycles. The standard InChI is InChI=1S/C30H41N5O9/c1-18(36)24(27(39)35-43)34-25(37)22-13-11-21(12-14-22)20-9-7-19(8-10-20)15-17-31-26(38)23(33-28(40)41)6-5-16-32-29(42)44-30(2,3)4/h7-14,18,23-24,33,36,43H,5-6,15-17H2,1-4H3,(H,31,38)(H,32,42)(H,34,37)(H,35,39)(H,40,41)/t18-,23?,24+/m1/s1. The molecular weight excluding hydrogens is 574 g/mol. The summed E-state index contributed by atoms with van der Waals surface area (Å²) in [5, 5.41) is 37.5. The summed E-state index contributed by atoms with van der Waals surface area (Å²) in [5.41, 5.74) is 3.66. The molecule has 0 bridgehead atoms. The highest BCUT2D eigenvalue weighted by molar-refractivity contribution is 5.98. The summed E-state index contributed by atoms with van der Waals surface area (Å²) < 4.78 is 5.15. The van der Waals surface area contributed by atoms with Gasteiger partial charge in [-0.15, -0.1) is 0 Å². The van der Waals surface area contributed by atoms with Crippen LogP contribution in [0.1, 0.15) is 56.5 Å². The monoisotopic (exact) mass is 615 g/mol. The number of carbonyl (C=O) groups excluding carboxylic acids is 4. The van der Waals surface area contributed by atoms with Crippen molar-refractivity contribution in [3.05, 3.63) is 59.7 Å². The molecule has 5 amide bonds. The predicted octanol–water partition coefficient (Wildman–Crippen LogP) is 1.94. The molecule has 14 heteroatoms. The predicted molar refractivity (Wildman–Crippen MR) is 160 cm³/mol. The fraction of sp³-hybridized carbons (Fsp3) is 0.433. The number of benzene rings is 2. The van der Waals surface area contributed by atoms with Gasteiger partial charge in [0, 0.05) is 18.7 Å². The van der Waals surface area contributed by atoms with Gasteiger partial charge in [0.15, 0.2) is 0 Å². The number of amides is 5. The molecule has 14 nitrogen and oxygen atoms in total. The summed E-state index contributed by atoms with van der Waals surface area (Å²) in [5.74, 6) is -2.00. The SMILES string of the molecule is C[C@@H](O)[C@H](NC(=O)c1ccc(-c2ccc(CCNC(=O)C(CCCNC(=O)OC(C)(C)C)NC(=O)O)cc2)cc1)C(=O)NO. The normalized spacial score (nSPS) is 13.0. The van der Waals surface area contributed by atoms with Crippen LogP contribution in [0.4, 0.5) is 9.59 Å². The molecular formula is C30H41N5O9. The second-order valence-corrected chi connectivity index (χ2v) is 11.1. The van der Waals surface area contributed by atoms with Gasteiger partial charge in [0.1, 0.15) is 17.7 Å². The molecule has 0 radical (unpaired) electrons. The number of hydrogen-bond acceptors (Lipinski definition) is 8. The number of ether oxygens (including phenoxy) is 1. The van der Waals surface area contributed by atoms with Crippen molar-refractivity contribution < 1.29 is 44.1 Å². The highest BCUT2D eigenvalue weighted by atomic mass is 16.6. The molecule has 0 aliphatic rings. The number of rotatable bonds is 14. The lowest BCUT2D eigenvalue weighted by molar-refractivity contribution is -0.133. The van der Waals surface area contributed by atoms with Crippen LogP contribution < -0.4 is 26.7 Å². The molecule has 2 rings (SSSR count). The Morgan fingerprint density at radius 1 is 0.841 bits per heavy atom. The average Bonchev–Trinajstić information content (AvgIpc) is 2.96. The van der Waals surface area contributed by atoms with E-state index in [1.165, 1.54) is 12.4 Å². The molecule has 0 aliphatic carbocycles. The Hall–Kier alpha value is -4.69. The molecule has 0 saturated heterocycles. The summed E-state index contributed by atoms with van der Waals surface area (Å²) in [6, 6.07) is 11.8. The second-order valence-electron chi connectivity index (χ2n) is 11.1.